The normalized spacial score (nSPS) is 29.8. The predicted molar refractivity (Wildman–Crippen MR) is 72.5 cm³/mol. The van der Waals surface area contributed by atoms with Gasteiger partial charge >= 0.3 is 0 Å². The van der Waals surface area contributed by atoms with Gasteiger partial charge in [0, 0.05) is 0 Å². The van der Waals surface area contributed by atoms with Gasteiger partial charge in [0.2, 0.25) is 0 Å². The number of nitrogens with zero attached hydrogens (tertiary/aromatic N) is 3. The van der Waals surface area contributed by atoms with Crippen molar-refractivity contribution < 1.29 is 5.11 Å². The molecule has 0 spiro atoms. The fraction of sp³-hybridized carbons (Fsp3) is 0.400. The lowest BCUT2D eigenvalue weighted by molar-refractivity contribution is -0.0212. The van der Waals surface area contributed by atoms with Gasteiger partial charge in [-0.1, -0.05) is 30.3 Å². The van der Waals surface area contributed by atoms with E-state index in [4.69, 9.17) is 0 Å². The van der Waals surface area contributed by atoms with E-state index in [9.17, 15) is 10.4 Å². The van der Waals surface area contributed by atoms with Crippen molar-refractivity contribution >= 4 is 0 Å². The lowest BCUT2D eigenvalue weighted by Crippen LogP contribution is -2.39. The Morgan fingerprint density at radius 3 is 2.40 bits per heavy atom. The maximum absolute atomic E-state index is 10.7. The van der Waals surface area contributed by atoms with Crippen molar-refractivity contribution in [1.29, 1.82) is 5.26 Å². The number of rotatable bonds is 2. The Morgan fingerprint density at radius 2 is 1.85 bits per heavy atom. The molecule has 0 radical (unpaired) electrons. The molecule has 0 atom stereocenters. The van der Waals surface area contributed by atoms with Crippen molar-refractivity contribution in [1.82, 2.24) is 15.2 Å². The summed E-state index contributed by atoms with van der Waals surface area (Å²) in [4.78, 5) is 4.06. The highest BCUT2D eigenvalue weighted by molar-refractivity contribution is 5.33. The molecule has 0 saturated heterocycles. The molecule has 1 aliphatic rings. The summed E-state index contributed by atoms with van der Waals surface area (Å²) in [6, 6.07) is 12.3. The van der Waals surface area contributed by atoms with Crippen LogP contribution in [0, 0.1) is 11.3 Å². The summed E-state index contributed by atoms with van der Waals surface area (Å²) < 4.78 is 0. The third-order valence-electron chi connectivity index (χ3n) is 4.33. The number of nitrogens with one attached hydrogen (secondary N) is 1. The summed E-state index contributed by atoms with van der Waals surface area (Å²) in [5.74, 6) is 0.497. The molecule has 0 aliphatic heterocycles. The third kappa shape index (κ3) is 1.98. The number of hydrogen-bond acceptors (Lipinski definition) is 4. The van der Waals surface area contributed by atoms with Gasteiger partial charge in [-0.2, -0.15) is 10.4 Å². The van der Waals surface area contributed by atoms with Gasteiger partial charge in [0.25, 0.3) is 0 Å². The van der Waals surface area contributed by atoms with E-state index in [0.717, 1.165) is 5.56 Å². The summed E-state index contributed by atoms with van der Waals surface area (Å²) in [5.41, 5.74) is -0.471. The van der Waals surface area contributed by atoms with Crippen LogP contribution in [-0.4, -0.2) is 20.3 Å². The van der Waals surface area contributed by atoms with Gasteiger partial charge in [0.1, 0.15) is 11.9 Å². The first-order valence-electron chi connectivity index (χ1n) is 6.74. The molecule has 2 N–H and O–H groups in total. The van der Waals surface area contributed by atoms with Gasteiger partial charge in [0.05, 0.1) is 11.5 Å². The first-order chi connectivity index (χ1) is 9.69. The molecule has 0 unspecified atom stereocenters. The minimum Gasteiger partial charge on any atom is -0.382 e. The Hall–Kier alpha value is -2.19. The highest BCUT2D eigenvalue weighted by Gasteiger charge is 2.45. The van der Waals surface area contributed by atoms with Crippen LogP contribution in [0.15, 0.2) is 36.7 Å². The Bertz CT molecular complexity index is 607. The average molecular weight is 268 g/mol. The number of nitriles is 1. The lowest BCUT2D eigenvalue weighted by Gasteiger charge is -2.39. The molecule has 20 heavy (non-hydrogen) atoms. The molecule has 0 bridgehead atoms. The van der Waals surface area contributed by atoms with E-state index in [-0.39, 0.29) is 0 Å². The van der Waals surface area contributed by atoms with Crippen molar-refractivity contribution in [2.24, 2.45) is 0 Å². The Morgan fingerprint density at radius 1 is 1.15 bits per heavy atom. The van der Waals surface area contributed by atoms with E-state index in [2.05, 4.69) is 21.3 Å². The van der Waals surface area contributed by atoms with Crippen LogP contribution in [0.25, 0.3) is 0 Å². The van der Waals surface area contributed by atoms with Crippen LogP contribution in [0.2, 0.25) is 0 Å². The van der Waals surface area contributed by atoms with Crippen molar-refractivity contribution in [3.8, 4) is 6.07 Å². The van der Waals surface area contributed by atoms with Crippen molar-refractivity contribution in [3.05, 3.63) is 48.0 Å². The standard InChI is InChI=1S/C15H16N4O/c16-10-14(12-4-2-1-3-5-12)6-8-15(20,9-7-14)13-17-11-18-19-13/h1-5,11,20H,6-9H2,(H,17,18,19)/t14-,15+. The van der Waals surface area contributed by atoms with Crippen LogP contribution in [0.5, 0.6) is 0 Å². The average Bonchev–Trinajstić information content (AvgIpc) is 3.05. The molecule has 1 aliphatic carbocycles. The third-order valence-corrected chi connectivity index (χ3v) is 4.33. The number of aromatic amines is 1. The smallest absolute Gasteiger partial charge is 0.156 e. The zero-order valence-corrected chi connectivity index (χ0v) is 11.1. The van der Waals surface area contributed by atoms with Gasteiger partial charge < -0.3 is 5.11 Å². The molecule has 0 amide bonds. The predicted octanol–water partition coefficient (Wildman–Crippen LogP) is 2.03. The molecule has 1 fully saturated rings. The summed E-state index contributed by atoms with van der Waals surface area (Å²) in [7, 11) is 0. The Labute approximate surface area is 117 Å². The van der Waals surface area contributed by atoms with Gasteiger partial charge in [-0.15, -0.1) is 0 Å². The number of aliphatic hydroxyl groups is 1. The zero-order valence-electron chi connectivity index (χ0n) is 11.1. The number of hydrogen-bond donors (Lipinski definition) is 2. The SMILES string of the molecule is N#C[C@]1(c2ccccc2)CC[C@](O)(c2ncn[nH]2)CC1. The van der Waals surface area contributed by atoms with Crippen LogP contribution in [-0.2, 0) is 11.0 Å². The fourth-order valence-corrected chi connectivity index (χ4v) is 2.98. The molecule has 102 valence electrons. The maximum Gasteiger partial charge on any atom is 0.156 e. The topological polar surface area (TPSA) is 85.6 Å². The van der Waals surface area contributed by atoms with Gasteiger partial charge in [0.15, 0.2) is 5.82 Å². The van der Waals surface area contributed by atoms with Crippen LogP contribution >= 0.6 is 0 Å². The first-order valence-corrected chi connectivity index (χ1v) is 6.74. The number of H-pyrrole nitrogens is 1. The largest absolute Gasteiger partial charge is 0.382 e. The van der Waals surface area contributed by atoms with Gasteiger partial charge in [-0.25, -0.2) is 4.98 Å². The molecule has 1 saturated carbocycles. The Kier molecular flexibility index (Phi) is 3.03. The van der Waals surface area contributed by atoms with E-state index in [1.54, 1.807) is 0 Å². The first kappa shape index (κ1) is 12.8. The monoisotopic (exact) mass is 268 g/mol. The molecule has 3 rings (SSSR count). The van der Waals surface area contributed by atoms with Gasteiger partial charge in [-0.3, -0.25) is 5.10 Å². The van der Waals surface area contributed by atoms with Crippen LogP contribution in [0.4, 0.5) is 0 Å². The van der Waals surface area contributed by atoms with E-state index in [1.807, 2.05) is 30.3 Å². The maximum atomic E-state index is 10.7. The van der Waals surface area contributed by atoms with E-state index in [1.165, 1.54) is 6.33 Å². The zero-order chi connectivity index (χ0) is 14.1. The lowest BCUT2D eigenvalue weighted by atomic mass is 9.66. The van der Waals surface area contributed by atoms with Crippen molar-refractivity contribution in [2.45, 2.75) is 36.7 Å². The second kappa shape index (κ2) is 4.73. The molecule has 5 nitrogen and oxygen atoms in total. The number of aromatic nitrogens is 3. The number of benzene rings is 1. The summed E-state index contributed by atoms with van der Waals surface area (Å²) in [6.45, 7) is 0. The summed E-state index contributed by atoms with van der Waals surface area (Å²) >= 11 is 0. The van der Waals surface area contributed by atoms with E-state index in [0.29, 0.717) is 31.5 Å². The minimum atomic E-state index is -0.994. The Balaban J connectivity index is 1.86. The molecule has 1 aromatic carbocycles. The van der Waals surface area contributed by atoms with Crippen LogP contribution in [0.3, 0.4) is 0 Å². The van der Waals surface area contributed by atoms with Crippen molar-refractivity contribution in [3.63, 3.8) is 0 Å². The second-order valence-electron chi connectivity index (χ2n) is 5.43. The molecule has 5 heteroatoms. The van der Waals surface area contributed by atoms with Crippen molar-refractivity contribution in [2.75, 3.05) is 0 Å². The molecule has 1 heterocycles. The fourth-order valence-electron chi connectivity index (χ4n) is 2.98. The quantitative estimate of drug-likeness (QED) is 0.872. The van der Waals surface area contributed by atoms with Gasteiger partial charge in [-0.05, 0) is 31.2 Å². The molecular formula is C15H16N4O. The summed E-state index contributed by atoms with van der Waals surface area (Å²) in [5, 5.41) is 26.8. The summed E-state index contributed by atoms with van der Waals surface area (Å²) in [6.07, 6.45) is 3.64. The molecule has 1 aromatic heterocycles. The minimum absolute atomic E-state index is 0.497. The highest BCUT2D eigenvalue weighted by atomic mass is 16.3. The van der Waals surface area contributed by atoms with Crippen LogP contribution in [0.1, 0.15) is 37.1 Å². The van der Waals surface area contributed by atoms with E-state index >= 15 is 0 Å². The highest BCUT2D eigenvalue weighted by Crippen LogP contribution is 2.45. The second-order valence-corrected chi connectivity index (χ2v) is 5.43. The van der Waals surface area contributed by atoms with E-state index < -0.39 is 11.0 Å². The molecule has 2 aromatic rings. The molecular weight excluding hydrogens is 252 g/mol. The van der Waals surface area contributed by atoms with Crippen LogP contribution < -0.4 is 0 Å².